The molecule has 0 aliphatic rings. The van der Waals surface area contributed by atoms with Crippen molar-refractivity contribution in [3.63, 3.8) is 0 Å². The standard InChI is InChI=1S/C15H21N5/c1-11-12(2)17-15(19(3)4)18-14(11)20(5)10-13-7-6-8-16-9-13/h6-9H,10H2,1-5H3. The van der Waals surface area contributed by atoms with Gasteiger partial charge in [-0.3, -0.25) is 4.98 Å². The Labute approximate surface area is 120 Å². The Morgan fingerprint density at radius 2 is 1.85 bits per heavy atom. The average molecular weight is 271 g/mol. The fourth-order valence-electron chi connectivity index (χ4n) is 2.01. The summed E-state index contributed by atoms with van der Waals surface area (Å²) >= 11 is 0. The molecule has 106 valence electrons. The quantitative estimate of drug-likeness (QED) is 0.853. The number of pyridine rings is 1. The third-order valence-electron chi connectivity index (χ3n) is 3.26. The Kier molecular flexibility index (Phi) is 4.17. The van der Waals surface area contributed by atoms with Crippen molar-refractivity contribution >= 4 is 11.8 Å². The zero-order chi connectivity index (χ0) is 14.7. The van der Waals surface area contributed by atoms with Gasteiger partial charge in [-0.2, -0.15) is 4.98 Å². The number of rotatable bonds is 4. The van der Waals surface area contributed by atoms with E-state index in [-0.39, 0.29) is 0 Å². The number of nitrogens with zero attached hydrogens (tertiary/aromatic N) is 5. The third kappa shape index (κ3) is 3.04. The summed E-state index contributed by atoms with van der Waals surface area (Å²) in [6.45, 7) is 4.85. The number of aromatic nitrogens is 3. The fourth-order valence-corrected chi connectivity index (χ4v) is 2.01. The van der Waals surface area contributed by atoms with Crippen molar-refractivity contribution in [1.29, 1.82) is 0 Å². The summed E-state index contributed by atoms with van der Waals surface area (Å²) in [5, 5.41) is 0. The second-order valence-electron chi connectivity index (χ2n) is 5.17. The summed E-state index contributed by atoms with van der Waals surface area (Å²) in [6, 6.07) is 4.02. The van der Waals surface area contributed by atoms with Crippen molar-refractivity contribution in [3.8, 4) is 0 Å². The number of aryl methyl sites for hydroxylation is 1. The Morgan fingerprint density at radius 3 is 2.45 bits per heavy atom. The lowest BCUT2D eigenvalue weighted by molar-refractivity contribution is 0.859. The topological polar surface area (TPSA) is 45.2 Å². The highest BCUT2D eigenvalue weighted by Gasteiger charge is 2.13. The molecule has 0 aliphatic heterocycles. The molecular formula is C15H21N5. The van der Waals surface area contributed by atoms with Gasteiger partial charge in [-0.05, 0) is 25.5 Å². The first-order valence-corrected chi connectivity index (χ1v) is 6.61. The minimum atomic E-state index is 0.737. The molecule has 5 heteroatoms. The van der Waals surface area contributed by atoms with Crippen LogP contribution in [-0.2, 0) is 6.54 Å². The molecule has 0 aliphatic carbocycles. The van der Waals surface area contributed by atoms with E-state index in [1.54, 1.807) is 6.20 Å². The normalized spacial score (nSPS) is 10.4. The second kappa shape index (κ2) is 5.86. The van der Waals surface area contributed by atoms with Crippen LogP contribution in [0.1, 0.15) is 16.8 Å². The van der Waals surface area contributed by atoms with Gasteiger partial charge in [-0.1, -0.05) is 6.07 Å². The van der Waals surface area contributed by atoms with Crippen molar-refractivity contribution in [2.45, 2.75) is 20.4 Å². The highest BCUT2D eigenvalue weighted by molar-refractivity contribution is 5.52. The van der Waals surface area contributed by atoms with Gasteiger partial charge < -0.3 is 9.80 Å². The zero-order valence-corrected chi connectivity index (χ0v) is 12.8. The van der Waals surface area contributed by atoms with Gasteiger partial charge in [0.2, 0.25) is 5.95 Å². The van der Waals surface area contributed by atoms with E-state index in [0.29, 0.717) is 0 Å². The van der Waals surface area contributed by atoms with E-state index >= 15 is 0 Å². The molecule has 5 nitrogen and oxygen atoms in total. The van der Waals surface area contributed by atoms with Crippen molar-refractivity contribution in [2.24, 2.45) is 0 Å². The van der Waals surface area contributed by atoms with Crippen LogP contribution in [0.3, 0.4) is 0 Å². The van der Waals surface area contributed by atoms with Crippen molar-refractivity contribution in [1.82, 2.24) is 15.0 Å². The Hall–Kier alpha value is -2.17. The molecular weight excluding hydrogens is 250 g/mol. The van der Waals surface area contributed by atoms with Gasteiger partial charge in [0.15, 0.2) is 0 Å². The van der Waals surface area contributed by atoms with Crippen LogP contribution in [0.5, 0.6) is 0 Å². The minimum Gasteiger partial charge on any atom is -0.355 e. The molecule has 0 radical (unpaired) electrons. The fraction of sp³-hybridized carbons (Fsp3) is 0.400. The average Bonchev–Trinajstić information content (AvgIpc) is 2.42. The molecule has 2 rings (SSSR count). The van der Waals surface area contributed by atoms with Crippen molar-refractivity contribution in [2.75, 3.05) is 30.9 Å². The van der Waals surface area contributed by atoms with E-state index in [4.69, 9.17) is 0 Å². The Morgan fingerprint density at radius 1 is 1.10 bits per heavy atom. The molecule has 0 aromatic carbocycles. The first kappa shape index (κ1) is 14.2. The van der Waals surface area contributed by atoms with Crippen LogP contribution in [0.25, 0.3) is 0 Å². The molecule has 0 atom stereocenters. The van der Waals surface area contributed by atoms with Crippen LogP contribution in [0, 0.1) is 13.8 Å². The van der Waals surface area contributed by atoms with Crippen LogP contribution in [0.15, 0.2) is 24.5 Å². The summed E-state index contributed by atoms with van der Waals surface area (Å²) in [4.78, 5) is 17.4. The van der Waals surface area contributed by atoms with Gasteiger partial charge in [-0.25, -0.2) is 4.98 Å². The summed E-state index contributed by atoms with van der Waals surface area (Å²) in [6.07, 6.45) is 3.67. The lowest BCUT2D eigenvalue weighted by Crippen LogP contribution is -2.22. The highest BCUT2D eigenvalue weighted by atomic mass is 15.3. The molecule has 0 amide bonds. The van der Waals surface area contributed by atoms with Crippen LogP contribution in [0.4, 0.5) is 11.8 Å². The van der Waals surface area contributed by atoms with Gasteiger partial charge in [-0.15, -0.1) is 0 Å². The molecule has 0 unspecified atom stereocenters. The Balaban J connectivity index is 2.31. The van der Waals surface area contributed by atoms with E-state index < -0.39 is 0 Å². The van der Waals surface area contributed by atoms with Crippen LogP contribution in [0.2, 0.25) is 0 Å². The maximum atomic E-state index is 4.65. The van der Waals surface area contributed by atoms with E-state index in [2.05, 4.69) is 32.8 Å². The smallest absolute Gasteiger partial charge is 0.227 e. The molecule has 0 saturated carbocycles. The molecule has 0 spiro atoms. The molecule has 0 bridgehead atoms. The maximum absolute atomic E-state index is 4.65. The van der Waals surface area contributed by atoms with Gasteiger partial charge >= 0.3 is 0 Å². The zero-order valence-electron chi connectivity index (χ0n) is 12.8. The van der Waals surface area contributed by atoms with Gasteiger partial charge in [0.1, 0.15) is 5.82 Å². The molecule has 2 aromatic rings. The summed E-state index contributed by atoms with van der Waals surface area (Å²) < 4.78 is 0. The predicted molar refractivity (Wildman–Crippen MR) is 82.2 cm³/mol. The second-order valence-corrected chi connectivity index (χ2v) is 5.17. The van der Waals surface area contributed by atoms with Crippen LogP contribution >= 0.6 is 0 Å². The lowest BCUT2D eigenvalue weighted by Gasteiger charge is -2.23. The highest BCUT2D eigenvalue weighted by Crippen LogP contribution is 2.22. The molecule has 0 saturated heterocycles. The minimum absolute atomic E-state index is 0.737. The third-order valence-corrected chi connectivity index (χ3v) is 3.26. The SMILES string of the molecule is Cc1nc(N(C)C)nc(N(C)Cc2cccnc2)c1C. The maximum Gasteiger partial charge on any atom is 0.227 e. The van der Waals surface area contributed by atoms with Crippen molar-refractivity contribution in [3.05, 3.63) is 41.3 Å². The first-order chi connectivity index (χ1) is 9.49. The number of hydrogen-bond donors (Lipinski definition) is 0. The summed E-state index contributed by atoms with van der Waals surface area (Å²) in [7, 11) is 5.95. The van der Waals surface area contributed by atoms with Crippen LogP contribution < -0.4 is 9.80 Å². The molecule has 20 heavy (non-hydrogen) atoms. The van der Waals surface area contributed by atoms with Gasteiger partial charge in [0.05, 0.1) is 0 Å². The van der Waals surface area contributed by atoms with Gasteiger partial charge in [0, 0.05) is 51.3 Å². The molecule has 0 N–H and O–H groups in total. The van der Waals surface area contributed by atoms with Crippen molar-refractivity contribution < 1.29 is 0 Å². The monoisotopic (exact) mass is 271 g/mol. The predicted octanol–water partition coefficient (Wildman–Crippen LogP) is 2.19. The largest absolute Gasteiger partial charge is 0.355 e. The van der Waals surface area contributed by atoms with E-state index in [0.717, 1.165) is 35.1 Å². The summed E-state index contributed by atoms with van der Waals surface area (Å²) in [5.41, 5.74) is 3.29. The summed E-state index contributed by atoms with van der Waals surface area (Å²) in [5.74, 6) is 1.70. The first-order valence-electron chi connectivity index (χ1n) is 6.61. The molecule has 2 heterocycles. The number of anilines is 2. The Bertz CT molecular complexity index is 580. The lowest BCUT2D eigenvalue weighted by atomic mass is 10.2. The molecule has 2 aromatic heterocycles. The van der Waals surface area contributed by atoms with Crippen LogP contribution in [-0.4, -0.2) is 36.1 Å². The number of hydrogen-bond acceptors (Lipinski definition) is 5. The van der Waals surface area contributed by atoms with E-state index in [1.165, 1.54) is 0 Å². The molecule has 0 fully saturated rings. The van der Waals surface area contributed by atoms with Gasteiger partial charge in [0.25, 0.3) is 0 Å². The van der Waals surface area contributed by atoms with E-state index in [1.807, 2.05) is 45.2 Å². The van der Waals surface area contributed by atoms with E-state index in [9.17, 15) is 0 Å².